The summed E-state index contributed by atoms with van der Waals surface area (Å²) in [5.41, 5.74) is 1.66. The molecule has 7 heteroatoms. The summed E-state index contributed by atoms with van der Waals surface area (Å²) in [5.74, 6) is -0.970. The van der Waals surface area contributed by atoms with Crippen LogP contribution in [0.15, 0.2) is 54.6 Å². The summed E-state index contributed by atoms with van der Waals surface area (Å²) in [6.45, 7) is 0.846. The fraction of sp³-hybridized carbons (Fsp3) is 0.263. The van der Waals surface area contributed by atoms with E-state index in [-0.39, 0.29) is 24.6 Å². The molecular formula is C19H18N2O5. The number of rotatable bonds is 6. The number of likely N-dealkylation sites (tertiary alicyclic amines) is 1. The number of nitrogens with zero attached hydrogens (tertiary/aromatic N) is 2. The summed E-state index contributed by atoms with van der Waals surface area (Å²) in [6, 6.07) is 15.4. The zero-order valence-electron chi connectivity index (χ0n) is 14.0. The molecule has 1 fully saturated rings. The molecule has 0 unspecified atom stereocenters. The van der Waals surface area contributed by atoms with Gasteiger partial charge in [0.05, 0.1) is 10.8 Å². The molecule has 2 aromatic rings. The molecule has 0 N–H and O–H groups in total. The van der Waals surface area contributed by atoms with Crippen molar-refractivity contribution >= 4 is 17.6 Å². The molecule has 7 nitrogen and oxygen atoms in total. The number of nitro benzene ring substituents is 1. The van der Waals surface area contributed by atoms with Gasteiger partial charge in [-0.25, -0.2) is 0 Å². The second-order valence-electron chi connectivity index (χ2n) is 6.19. The fourth-order valence-corrected chi connectivity index (χ4v) is 2.87. The smallest absolute Gasteiger partial charge is 0.311 e. The average molecular weight is 354 g/mol. The molecule has 2 aromatic carbocycles. The highest BCUT2D eigenvalue weighted by molar-refractivity contribution is 5.86. The topological polar surface area (TPSA) is 89.7 Å². The lowest BCUT2D eigenvalue weighted by molar-refractivity contribution is -0.384. The molecule has 0 aromatic heterocycles. The van der Waals surface area contributed by atoms with E-state index in [0.717, 1.165) is 5.56 Å². The van der Waals surface area contributed by atoms with Gasteiger partial charge in [0.15, 0.2) is 0 Å². The Balaban J connectivity index is 1.52. The van der Waals surface area contributed by atoms with Gasteiger partial charge in [-0.15, -0.1) is 0 Å². The van der Waals surface area contributed by atoms with E-state index < -0.39 is 16.8 Å². The van der Waals surface area contributed by atoms with E-state index in [9.17, 15) is 19.7 Å². The Morgan fingerprint density at radius 2 is 1.81 bits per heavy atom. The van der Waals surface area contributed by atoms with Gasteiger partial charge < -0.3 is 9.64 Å². The number of carbonyl (C=O) groups excluding carboxylic acids is 2. The molecule has 0 saturated carbocycles. The average Bonchev–Trinajstić information content (AvgIpc) is 3.01. The lowest BCUT2D eigenvalue weighted by Gasteiger charge is -2.16. The molecule has 26 heavy (non-hydrogen) atoms. The number of esters is 1. The first-order valence-corrected chi connectivity index (χ1v) is 8.24. The van der Waals surface area contributed by atoms with Gasteiger partial charge in [0.25, 0.3) is 5.69 Å². The van der Waals surface area contributed by atoms with E-state index >= 15 is 0 Å². The summed E-state index contributed by atoms with van der Waals surface area (Å²) in [4.78, 5) is 36.2. The van der Waals surface area contributed by atoms with Crippen LogP contribution in [0.2, 0.25) is 0 Å². The van der Waals surface area contributed by atoms with E-state index in [1.165, 1.54) is 12.1 Å². The molecule has 1 saturated heterocycles. The number of benzene rings is 2. The highest BCUT2D eigenvalue weighted by atomic mass is 16.6. The number of nitro groups is 1. The zero-order valence-corrected chi connectivity index (χ0v) is 14.0. The molecule has 1 aliphatic heterocycles. The molecule has 0 aliphatic carbocycles. The standard InChI is InChI=1S/C19H18N2O5/c22-18-10-16(12-20(18)11-14-4-2-1-3-5-14)19(23)26-13-15-6-8-17(9-7-15)21(24)25/h1-9,16H,10-13H2/t16-/m0/s1. The molecular weight excluding hydrogens is 336 g/mol. The van der Waals surface area contributed by atoms with Crippen LogP contribution < -0.4 is 0 Å². The van der Waals surface area contributed by atoms with Gasteiger partial charge in [-0.3, -0.25) is 19.7 Å². The van der Waals surface area contributed by atoms with E-state index in [1.54, 1.807) is 17.0 Å². The molecule has 1 atom stereocenters. The monoisotopic (exact) mass is 354 g/mol. The molecule has 1 amide bonds. The quantitative estimate of drug-likeness (QED) is 0.452. The van der Waals surface area contributed by atoms with Crippen molar-refractivity contribution in [3.63, 3.8) is 0 Å². The van der Waals surface area contributed by atoms with E-state index in [4.69, 9.17) is 4.74 Å². The van der Waals surface area contributed by atoms with Gasteiger partial charge in [-0.05, 0) is 23.3 Å². The third-order valence-electron chi connectivity index (χ3n) is 4.29. The third kappa shape index (κ3) is 4.24. The van der Waals surface area contributed by atoms with Crippen LogP contribution in [0.5, 0.6) is 0 Å². The van der Waals surface area contributed by atoms with Crippen LogP contribution >= 0.6 is 0 Å². The van der Waals surface area contributed by atoms with Crippen molar-refractivity contribution in [1.82, 2.24) is 4.90 Å². The molecule has 0 bridgehead atoms. The van der Waals surface area contributed by atoms with Gasteiger partial charge in [0.2, 0.25) is 5.91 Å². The van der Waals surface area contributed by atoms with Crippen LogP contribution in [0, 0.1) is 16.0 Å². The highest BCUT2D eigenvalue weighted by Gasteiger charge is 2.35. The minimum absolute atomic E-state index is 0.0157. The summed E-state index contributed by atoms with van der Waals surface area (Å²) in [6.07, 6.45) is 0.145. The maximum absolute atomic E-state index is 12.2. The van der Waals surface area contributed by atoms with Gasteiger partial charge in [-0.2, -0.15) is 0 Å². The molecule has 0 radical (unpaired) electrons. The maximum atomic E-state index is 12.2. The van der Waals surface area contributed by atoms with Crippen molar-refractivity contribution in [2.45, 2.75) is 19.6 Å². The van der Waals surface area contributed by atoms with E-state index in [0.29, 0.717) is 18.7 Å². The second-order valence-corrected chi connectivity index (χ2v) is 6.19. The summed E-state index contributed by atoms with van der Waals surface area (Å²) in [5, 5.41) is 10.6. The number of carbonyl (C=O) groups is 2. The predicted octanol–water partition coefficient (Wildman–Crippen LogP) is 2.69. The van der Waals surface area contributed by atoms with Crippen molar-refractivity contribution in [2.75, 3.05) is 6.54 Å². The van der Waals surface area contributed by atoms with E-state index in [2.05, 4.69) is 0 Å². The Hall–Kier alpha value is -3.22. The summed E-state index contributed by atoms with van der Waals surface area (Å²) < 4.78 is 5.27. The third-order valence-corrected chi connectivity index (χ3v) is 4.29. The van der Waals surface area contributed by atoms with Crippen molar-refractivity contribution < 1.29 is 19.2 Å². The molecule has 0 spiro atoms. The van der Waals surface area contributed by atoms with Crippen LogP contribution in [0.1, 0.15) is 17.5 Å². The minimum atomic E-state index is -0.485. The van der Waals surface area contributed by atoms with Gasteiger partial charge in [0, 0.05) is 31.6 Å². The number of amides is 1. The minimum Gasteiger partial charge on any atom is -0.461 e. The number of ether oxygens (including phenoxy) is 1. The van der Waals surface area contributed by atoms with Gasteiger partial charge >= 0.3 is 5.97 Å². The largest absolute Gasteiger partial charge is 0.461 e. The number of hydrogen-bond donors (Lipinski definition) is 0. The Bertz CT molecular complexity index is 804. The van der Waals surface area contributed by atoms with Crippen LogP contribution in [0.4, 0.5) is 5.69 Å². The Morgan fingerprint density at radius 1 is 1.12 bits per heavy atom. The second kappa shape index (κ2) is 7.77. The van der Waals surface area contributed by atoms with Crippen molar-refractivity contribution in [2.24, 2.45) is 5.92 Å². The maximum Gasteiger partial charge on any atom is 0.311 e. The first-order valence-electron chi connectivity index (χ1n) is 8.24. The number of hydrogen-bond acceptors (Lipinski definition) is 5. The Morgan fingerprint density at radius 3 is 2.46 bits per heavy atom. The van der Waals surface area contributed by atoms with Crippen molar-refractivity contribution in [3.05, 3.63) is 75.8 Å². The lowest BCUT2D eigenvalue weighted by Crippen LogP contribution is -2.26. The lowest BCUT2D eigenvalue weighted by atomic mass is 10.1. The van der Waals surface area contributed by atoms with Crippen molar-refractivity contribution in [1.29, 1.82) is 0 Å². The van der Waals surface area contributed by atoms with Crippen LogP contribution in [-0.2, 0) is 27.5 Å². The fourth-order valence-electron chi connectivity index (χ4n) is 2.87. The van der Waals surface area contributed by atoms with Crippen LogP contribution in [0.25, 0.3) is 0 Å². The van der Waals surface area contributed by atoms with Crippen molar-refractivity contribution in [3.8, 4) is 0 Å². The molecule has 134 valence electrons. The first-order chi connectivity index (χ1) is 12.5. The SMILES string of the molecule is O=C(OCc1ccc([N+](=O)[O-])cc1)[C@H]1CC(=O)N(Cc2ccccc2)C1. The Labute approximate surface area is 150 Å². The normalized spacial score (nSPS) is 16.5. The first kappa shape index (κ1) is 17.6. The summed E-state index contributed by atoms with van der Waals surface area (Å²) >= 11 is 0. The van der Waals surface area contributed by atoms with Gasteiger partial charge in [0.1, 0.15) is 6.61 Å². The predicted molar refractivity (Wildman–Crippen MR) is 92.9 cm³/mol. The zero-order chi connectivity index (χ0) is 18.5. The highest BCUT2D eigenvalue weighted by Crippen LogP contribution is 2.22. The Kier molecular flexibility index (Phi) is 5.26. The van der Waals surface area contributed by atoms with E-state index in [1.807, 2.05) is 30.3 Å². The van der Waals surface area contributed by atoms with Gasteiger partial charge in [-0.1, -0.05) is 30.3 Å². The molecule has 1 aliphatic rings. The molecule has 3 rings (SSSR count). The van der Waals surface area contributed by atoms with Crippen LogP contribution in [-0.4, -0.2) is 28.2 Å². The van der Waals surface area contributed by atoms with Crippen LogP contribution in [0.3, 0.4) is 0 Å². The number of non-ortho nitro benzene ring substituents is 1. The summed E-state index contributed by atoms with van der Waals surface area (Å²) in [7, 11) is 0. The molecule has 1 heterocycles.